The van der Waals surface area contributed by atoms with Gasteiger partial charge in [-0.1, -0.05) is 96.5 Å². The number of rotatable bonds is 18. The van der Waals surface area contributed by atoms with Crippen LogP contribution in [-0.4, -0.2) is 33.5 Å². The molecule has 0 bridgehead atoms. The minimum atomic E-state index is -2.13. The van der Waals surface area contributed by atoms with Gasteiger partial charge in [-0.25, -0.2) is 4.79 Å². The largest absolute Gasteiger partial charge is 0.479 e. The summed E-state index contributed by atoms with van der Waals surface area (Å²) in [6.45, 7) is 1.46. The quantitative estimate of drug-likeness (QED) is 0.232. The highest BCUT2D eigenvalue weighted by Gasteiger charge is 2.31. The number of carboxylic acid groups (broad SMARTS) is 1. The number of aliphatic hydroxyl groups is 2. The molecule has 4 nitrogen and oxygen atoms in total. The normalized spacial score (nSPS) is 14.0. The second-order valence-corrected chi connectivity index (χ2v) is 7.17. The summed E-state index contributed by atoms with van der Waals surface area (Å²) < 4.78 is 0. The fourth-order valence-electron chi connectivity index (χ4n) is 2.93. The van der Waals surface area contributed by atoms with E-state index < -0.39 is 18.2 Å². The summed E-state index contributed by atoms with van der Waals surface area (Å²) in [6.07, 6.45) is 21.9. The molecule has 0 amide bonds. The predicted octanol–water partition coefficient (Wildman–Crippen LogP) is 5.22. The number of carboxylic acids is 1. The van der Waals surface area contributed by atoms with Crippen molar-refractivity contribution in [2.45, 2.75) is 109 Å². The summed E-state index contributed by atoms with van der Waals surface area (Å²) in [4.78, 5) is 10.8. The molecule has 148 valence electrons. The molecule has 4 heteroatoms. The lowest BCUT2D eigenvalue weighted by Gasteiger charge is -2.15. The van der Waals surface area contributed by atoms with E-state index in [0.29, 0.717) is 0 Å². The van der Waals surface area contributed by atoms with Gasteiger partial charge >= 0.3 is 5.97 Å². The minimum absolute atomic E-state index is 0.744. The predicted molar refractivity (Wildman–Crippen MR) is 104 cm³/mol. The van der Waals surface area contributed by atoms with Crippen LogP contribution in [-0.2, 0) is 4.79 Å². The first-order valence-electron chi connectivity index (χ1n) is 10.3. The Labute approximate surface area is 154 Å². The van der Waals surface area contributed by atoms with Gasteiger partial charge in [-0.15, -0.1) is 0 Å². The Balaban J connectivity index is 3.33. The molecule has 0 aromatic heterocycles. The zero-order valence-electron chi connectivity index (χ0n) is 16.2. The topological polar surface area (TPSA) is 77.8 Å². The molecular formula is C21H40O4. The molecule has 0 saturated carbocycles. The third kappa shape index (κ3) is 14.0. The molecule has 3 N–H and O–H groups in total. The second kappa shape index (κ2) is 16.6. The van der Waals surface area contributed by atoms with Crippen molar-refractivity contribution < 1.29 is 20.1 Å². The first-order valence-corrected chi connectivity index (χ1v) is 10.3. The van der Waals surface area contributed by atoms with Crippen molar-refractivity contribution in [3.05, 3.63) is 12.2 Å². The van der Waals surface area contributed by atoms with E-state index in [1.807, 2.05) is 0 Å². The van der Waals surface area contributed by atoms with Crippen molar-refractivity contribution in [2.24, 2.45) is 0 Å². The van der Waals surface area contributed by atoms with Crippen LogP contribution in [0, 0.1) is 0 Å². The van der Waals surface area contributed by atoms with Gasteiger partial charge in [-0.3, -0.25) is 0 Å². The van der Waals surface area contributed by atoms with Gasteiger partial charge in [0.15, 0.2) is 0 Å². The van der Waals surface area contributed by atoms with Crippen LogP contribution < -0.4 is 0 Å². The zero-order valence-corrected chi connectivity index (χ0v) is 16.2. The van der Waals surface area contributed by atoms with Gasteiger partial charge in [0.1, 0.15) is 0 Å². The average molecular weight is 357 g/mol. The van der Waals surface area contributed by atoms with Crippen LogP contribution >= 0.6 is 0 Å². The van der Waals surface area contributed by atoms with Gasteiger partial charge in [0.05, 0.1) is 6.61 Å². The molecule has 0 saturated heterocycles. The fourth-order valence-corrected chi connectivity index (χ4v) is 2.93. The van der Waals surface area contributed by atoms with Crippen LogP contribution in [0.4, 0.5) is 0 Å². The number of hydrogen-bond acceptors (Lipinski definition) is 3. The molecule has 1 atom stereocenters. The van der Waals surface area contributed by atoms with Gasteiger partial charge in [-0.2, -0.15) is 0 Å². The van der Waals surface area contributed by atoms with Gasteiger partial charge in [0.2, 0.25) is 5.60 Å². The summed E-state index contributed by atoms with van der Waals surface area (Å²) in [6, 6.07) is 0. The molecule has 0 heterocycles. The van der Waals surface area contributed by atoms with E-state index in [4.69, 9.17) is 10.2 Å². The SMILES string of the molecule is CCCCCCCCCCCCCCCCC=CC(O)(CO)C(=O)O. The minimum Gasteiger partial charge on any atom is -0.479 e. The van der Waals surface area contributed by atoms with E-state index in [1.165, 1.54) is 83.1 Å². The lowest BCUT2D eigenvalue weighted by Crippen LogP contribution is -2.40. The van der Waals surface area contributed by atoms with E-state index in [2.05, 4.69) is 6.92 Å². The highest BCUT2D eigenvalue weighted by molar-refractivity contribution is 5.79. The number of aliphatic carboxylic acids is 1. The van der Waals surface area contributed by atoms with E-state index in [-0.39, 0.29) is 0 Å². The lowest BCUT2D eigenvalue weighted by molar-refractivity contribution is -0.156. The van der Waals surface area contributed by atoms with Gasteiger partial charge in [-0.05, 0) is 18.9 Å². The van der Waals surface area contributed by atoms with Crippen molar-refractivity contribution in [2.75, 3.05) is 6.61 Å². The Hall–Kier alpha value is -0.870. The molecule has 0 fully saturated rings. The Kier molecular flexibility index (Phi) is 16.0. The van der Waals surface area contributed by atoms with Gasteiger partial charge in [0, 0.05) is 0 Å². The molecule has 1 unspecified atom stereocenters. The van der Waals surface area contributed by atoms with E-state index >= 15 is 0 Å². The molecular weight excluding hydrogens is 316 g/mol. The van der Waals surface area contributed by atoms with Crippen molar-refractivity contribution >= 4 is 5.97 Å². The van der Waals surface area contributed by atoms with Crippen LogP contribution in [0.5, 0.6) is 0 Å². The van der Waals surface area contributed by atoms with E-state index in [9.17, 15) is 9.90 Å². The van der Waals surface area contributed by atoms with Crippen LogP contribution in [0.25, 0.3) is 0 Å². The molecule has 0 aromatic carbocycles. The molecule has 0 spiro atoms. The highest BCUT2D eigenvalue weighted by atomic mass is 16.4. The van der Waals surface area contributed by atoms with Gasteiger partial charge < -0.3 is 15.3 Å². The Morgan fingerprint density at radius 1 is 0.800 bits per heavy atom. The number of carbonyl (C=O) groups is 1. The van der Waals surface area contributed by atoms with Crippen molar-refractivity contribution in [3.63, 3.8) is 0 Å². The third-order valence-corrected chi connectivity index (χ3v) is 4.73. The number of unbranched alkanes of at least 4 members (excludes halogenated alkanes) is 14. The summed E-state index contributed by atoms with van der Waals surface area (Å²) in [5.74, 6) is -1.41. The van der Waals surface area contributed by atoms with Crippen LogP contribution in [0.2, 0.25) is 0 Å². The van der Waals surface area contributed by atoms with Crippen LogP contribution in [0.15, 0.2) is 12.2 Å². The fraction of sp³-hybridized carbons (Fsp3) is 0.857. The third-order valence-electron chi connectivity index (χ3n) is 4.73. The molecule has 0 aromatic rings. The lowest BCUT2D eigenvalue weighted by atomic mass is 10.0. The van der Waals surface area contributed by atoms with Crippen molar-refractivity contribution in [3.8, 4) is 0 Å². The standard InChI is InChI=1S/C21H40O4/c1-2-3-4-5-6-7-8-9-10-11-12-13-14-15-16-17-18-21(25,19-22)20(23)24/h17-18,22,25H,2-16,19H2,1H3,(H,23,24). The van der Waals surface area contributed by atoms with Crippen LogP contribution in [0.3, 0.4) is 0 Å². The second-order valence-electron chi connectivity index (χ2n) is 7.17. The van der Waals surface area contributed by atoms with Crippen LogP contribution in [0.1, 0.15) is 103 Å². The highest BCUT2D eigenvalue weighted by Crippen LogP contribution is 2.14. The number of allylic oxidation sites excluding steroid dienone is 1. The van der Waals surface area contributed by atoms with E-state index in [1.54, 1.807) is 6.08 Å². The Bertz CT molecular complexity index is 341. The molecule has 0 rings (SSSR count). The summed E-state index contributed by atoms with van der Waals surface area (Å²) >= 11 is 0. The molecule has 0 aliphatic rings. The van der Waals surface area contributed by atoms with E-state index in [0.717, 1.165) is 19.3 Å². The number of hydrogen-bond donors (Lipinski definition) is 3. The molecule has 0 aliphatic carbocycles. The Morgan fingerprint density at radius 2 is 1.20 bits per heavy atom. The molecule has 0 aliphatic heterocycles. The average Bonchev–Trinajstić information content (AvgIpc) is 2.61. The van der Waals surface area contributed by atoms with Crippen molar-refractivity contribution in [1.82, 2.24) is 0 Å². The first kappa shape index (κ1) is 24.1. The molecule has 25 heavy (non-hydrogen) atoms. The zero-order chi connectivity index (χ0) is 18.8. The number of aliphatic hydroxyl groups excluding tert-OH is 1. The Morgan fingerprint density at radius 3 is 1.56 bits per heavy atom. The summed E-state index contributed by atoms with van der Waals surface area (Å²) in [7, 11) is 0. The maximum Gasteiger partial charge on any atom is 0.342 e. The molecule has 0 radical (unpaired) electrons. The maximum absolute atomic E-state index is 10.8. The van der Waals surface area contributed by atoms with Crippen molar-refractivity contribution in [1.29, 1.82) is 0 Å². The summed E-state index contributed by atoms with van der Waals surface area (Å²) in [5.41, 5.74) is -2.13. The smallest absolute Gasteiger partial charge is 0.342 e. The first-order chi connectivity index (χ1) is 12.1. The monoisotopic (exact) mass is 356 g/mol. The summed E-state index contributed by atoms with van der Waals surface area (Å²) in [5, 5.41) is 27.3. The van der Waals surface area contributed by atoms with Gasteiger partial charge in [0.25, 0.3) is 0 Å². The maximum atomic E-state index is 10.8.